The molecule has 4 nitrogen and oxygen atoms in total. The first-order valence-electron chi connectivity index (χ1n) is 4.52. The number of aromatic nitrogens is 1. The van der Waals surface area contributed by atoms with Crippen LogP contribution in [0.4, 0.5) is 0 Å². The van der Waals surface area contributed by atoms with E-state index in [1.807, 2.05) is 12.1 Å². The average Bonchev–Trinajstić information content (AvgIpc) is 2.30. The van der Waals surface area contributed by atoms with E-state index < -0.39 is 5.91 Å². The number of hydrogen-bond donors (Lipinski definition) is 1. The first kappa shape index (κ1) is 9.45. The lowest BCUT2D eigenvalue weighted by molar-refractivity contribution is 0.0995. The van der Waals surface area contributed by atoms with Crippen molar-refractivity contribution < 1.29 is 9.53 Å². The van der Waals surface area contributed by atoms with Gasteiger partial charge in [0.15, 0.2) is 0 Å². The summed E-state index contributed by atoms with van der Waals surface area (Å²) >= 11 is 0. The van der Waals surface area contributed by atoms with Crippen molar-refractivity contribution in [2.24, 2.45) is 5.73 Å². The summed E-state index contributed by atoms with van der Waals surface area (Å²) in [4.78, 5) is 15.1. The van der Waals surface area contributed by atoms with Crippen LogP contribution in [0.2, 0.25) is 0 Å². The monoisotopic (exact) mass is 202 g/mol. The highest BCUT2D eigenvalue weighted by atomic mass is 16.5. The molecule has 76 valence electrons. The number of pyridine rings is 1. The minimum Gasteiger partial charge on any atom is -0.497 e. The molecule has 0 spiro atoms. The molecule has 0 atom stereocenters. The van der Waals surface area contributed by atoms with Gasteiger partial charge < -0.3 is 10.5 Å². The van der Waals surface area contributed by atoms with Crippen LogP contribution in [0, 0.1) is 0 Å². The zero-order valence-electron chi connectivity index (χ0n) is 8.01. The van der Waals surface area contributed by atoms with E-state index in [-0.39, 0.29) is 5.69 Å². The molecule has 1 amide bonds. The highest BCUT2D eigenvalue weighted by molar-refractivity contribution is 5.97. The Labute approximate surface area is 87.1 Å². The van der Waals surface area contributed by atoms with Crippen molar-refractivity contribution in [2.45, 2.75) is 0 Å². The molecule has 15 heavy (non-hydrogen) atoms. The summed E-state index contributed by atoms with van der Waals surface area (Å²) in [5.41, 5.74) is 7.17. The Morgan fingerprint density at radius 2 is 2.40 bits per heavy atom. The predicted molar refractivity (Wildman–Crippen MR) is 55.8 cm³/mol. The molecule has 4 heteroatoms. The molecular weight excluding hydrogens is 192 g/mol. The molecule has 0 radical (unpaired) electrons. The van der Waals surface area contributed by atoms with Crippen LogP contribution in [0.15, 0.2) is 36.7 Å². The summed E-state index contributed by atoms with van der Waals surface area (Å²) in [7, 11) is 0. The normalized spacial score (nSPS) is 14.3. The Morgan fingerprint density at radius 1 is 1.53 bits per heavy atom. The molecular formula is C11H10N2O2. The second-order valence-electron chi connectivity index (χ2n) is 3.06. The molecule has 0 fully saturated rings. The maximum Gasteiger partial charge on any atom is 0.267 e. The number of carbonyl (C=O) groups excluding carboxylic acids is 1. The third-order valence-corrected chi connectivity index (χ3v) is 2.10. The fraction of sp³-hybridized carbons (Fsp3) is 0.0909. The Morgan fingerprint density at radius 3 is 3.07 bits per heavy atom. The number of primary amides is 1. The quantitative estimate of drug-likeness (QED) is 0.781. The molecule has 0 saturated heterocycles. The summed E-state index contributed by atoms with van der Waals surface area (Å²) in [6.45, 7) is 0.499. The van der Waals surface area contributed by atoms with Gasteiger partial charge in [-0.05, 0) is 23.8 Å². The number of amides is 1. The second kappa shape index (κ2) is 3.96. The predicted octanol–water partition coefficient (Wildman–Crippen LogP) is 1.11. The van der Waals surface area contributed by atoms with Crippen LogP contribution in [0.3, 0.4) is 0 Å². The zero-order chi connectivity index (χ0) is 10.7. The Balaban J connectivity index is 2.47. The smallest absolute Gasteiger partial charge is 0.267 e. The first-order chi connectivity index (χ1) is 7.29. The van der Waals surface area contributed by atoms with Gasteiger partial charge in [0, 0.05) is 11.8 Å². The van der Waals surface area contributed by atoms with Crippen molar-refractivity contribution >= 4 is 11.5 Å². The molecule has 1 aromatic rings. The van der Waals surface area contributed by atoms with Crippen LogP contribution in [0.5, 0.6) is 0 Å². The van der Waals surface area contributed by atoms with E-state index in [0.717, 1.165) is 11.1 Å². The van der Waals surface area contributed by atoms with E-state index in [1.165, 1.54) is 0 Å². The van der Waals surface area contributed by atoms with Crippen molar-refractivity contribution in [3.8, 4) is 0 Å². The topological polar surface area (TPSA) is 65.2 Å². The number of hydrogen-bond acceptors (Lipinski definition) is 3. The molecule has 0 aromatic carbocycles. The van der Waals surface area contributed by atoms with Gasteiger partial charge in [-0.1, -0.05) is 6.07 Å². The summed E-state index contributed by atoms with van der Waals surface area (Å²) in [5.74, 6) is -0.522. The van der Waals surface area contributed by atoms with E-state index in [0.29, 0.717) is 6.61 Å². The van der Waals surface area contributed by atoms with E-state index in [4.69, 9.17) is 10.5 Å². The van der Waals surface area contributed by atoms with Crippen molar-refractivity contribution in [3.63, 3.8) is 0 Å². The standard InChI is InChI=1S/C11H10N2O2/c12-11(14)10-9(2-1-5-13-10)8-3-6-15-7-4-8/h1-6H,7H2,(H2,12,14). The lowest BCUT2D eigenvalue weighted by atomic mass is 10.0. The summed E-state index contributed by atoms with van der Waals surface area (Å²) in [6.07, 6.45) is 6.80. The number of nitrogens with two attached hydrogens (primary N) is 1. The van der Waals surface area contributed by atoms with Gasteiger partial charge in [0.1, 0.15) is 12.3 Å². The van der Waals surface area contributed by atoms with Crippen LogP contribution in [0.1, 0.15) is 16.1 Å². The second-order valence-corrected chi connectivity index (χ2v) is 3.06. The number of carbonyl (C=O) groups is 1. The summed E-state index contributed by atoms with van der Waals surface area (Å²) < 4.78 is 5.03. The Hall–Kier alpha value is -2.10. The van der Waals surface area contributed by atoms with E-state index in [2.05, 4.69) is 4.98 Å². The summed E-state index contributed by atoms with van der Waals surface area (Å²) in [5, 5.41) is 0. The lowest BCUT2D eigenvalue weighted by Gasteiger charge is -2.10. The zero-order valence-corrected chi connectivity index (χ0v) is 8.01. The molecule has 1 aromatic heterocycles. The Kier molecular flexibility index (Phi) is 2.49. The fourth-order valence-corrected chi connectivity index (χ4v) is 1.42. The summed E-state index contributed by atoms with van der Waals surface area (Å²) in [6, 6.07) is 3.58. The Bertz CT molecular complexity index is 450. The van der Waals surface area contributed by atoms with Gasteiger partial charge in [0.25, 0.3) is 5.91 Å². The highest BCUT2D eigenvalue weighted by Gasteiger charge is 2.12. The molecule has 0 saturated carbocycles. The first-order valence-corrected chi connectivity index (χ1v) is 4.52. The molecule has 1 aliphatic rings. The van der Waals surface area contributed by atoms with Crippen molar-refractivity contribution in [1.82, 2.24) is 4.98 Å². The molecule has 2 rings (SSSR count). The number of nitrogens with zero attached hydrogens (tertiary/aromatic N) is 1. The number of ether oxygens (including phenoxy) is 1. The van der Waals surface area contributed by atoms with Gasteiger partial charge in [-0.15, -0.1) is 0 Å². The van der Waals surface area contributed by atoms with Gasteiger partial charge in [-0.3, -0.25) is 9.78 Å². The van der Waals surface area contributed by atoms with E-state index in [1.54, 1.807) is 24.6 Å². The molecule has 0 bridgehead atoms. The SMILES string of the molecule is NC(=O)c1ncccc1C1=CCOC=C1. The molecule has 0 aliphatic carbocycles. The van der Waals surface area contributed by atoms with Crippen LogP contribution in [-0.4, -0.2) is 17.5 Å². The van der Waals surface area contributed by atoms with Gasteiger partial charge in [0.05, 0.1) is 6.26 Å². The maximum atomic E-state index is 11.1. The van der Waals surface area contributed by atoms with Gasteiger partial charge in [-0.25, -0.2) is 0 Å². The van der Waals surface area contributed by atoms with Crippen molar-refractivity contribution in [2.75, 3.05) is 6.61 Å². The fourth-order valence-electron chi connectivity index (χ4n) is 1.42. The van der Waals surface area contributed by atoms with E-state index in [9.17, 15) is 4.79 Å². The van der Waals surface area contributed by atoms with Crippen molar-refractivity contribution in [3.05, 3.63) is 48.0 Å². The van der Waals surface area contributed by atoms with Crippen LogP contribution in [0.25, 0.3) is 5.57 Å². The number of allylic oxidation sites excluding steroid dienone is 2. The van der Waals surface area contributed by atoms with Crippen LogP contribution in [-0.2, 0) is 4.74 Å². The molecule has 0 unspecified atom stereocenters. The van der Waals surface area contributed by atoms with Gasteiger partial charge in [0.2, 0.25) is 0 Å². The minimum absolute atomic E-state index is 0.287. The van der Waals surface area contributed by atoms with Crippen molar-refractivity contribution in [1.29, 1.82) is 0 Å². The van der Waals surface area contributed by atoms with Crippen LogP contribution >= 0.6 is 0 Å². The molecule has 2 heterocycles. The molecule has 2 N–H and O–H groups in total. The third-order valence-electron chi connectivity index (χ3n) is 2.10. The molecule has 1 aliphatic heterocycles. The van der Waals surface area contributed by atoms with Crippen LogP contribution < -0.4 is 5.73 Å². The average molecular weight is 202 g/mol. The van der Waals surface area contributed by atoms with E-state index >= 15 is 0 Å². The largest absolute Gasteiger partial charge is 0.497 e. The van der Waals surface area contributed by atoms with Gasteiger partial charge >= 0.3 is 0 Å². The third kappa shape index (κ3) is 1.88. The van der Waals surface area contributed by atoms with Gasteiger partial charge in [-0.2, -0.15) is 0 Å². The number of rotatable bonds is 2. The minimum atomic E-state index is -0.522. The lowest BCUT2D eigenvalue weighted by Crippen LogP contribution is -2.15. The maximum absolute atomic E-state index is 11.1. The highest BCUT2D eigenvalue weighted by Crippen LogP contribution is 2.20.